The van der Waals surface area contributed by atoms with Gasteiger partial charge in [0.15, 0.2) is 11.3 Å². The molecule has 2 rings (SSSR count). The van der Waals surface area contributed by atoms with E-state index in [2.05, 4.69) is 5.43 Å². The van der Waals surface area contributed by atoms with Crippen molar-refractivity contribution in [2.45, 2.75) is 39.0 Å². The van der Waals surface area contributed by atoms with Crippen molar-refractivity contribution < 1.29 is 14.6 Å². The van der Waals surface area contributed by atoms with Gasteiger partial charge in [0.1, 0.15) is 0 Å². The van der Waals surface area contributed by atoms with Gasteiger partial charge < -0.3 is 9.84 Å². The third-order valence-electron chi connectivity index (χ3n) is 3.42. The Morgan fingerprint density at radius 2 is 1.78 bits per heavy atom. The summed E-state index contributed by atoms with van der Waals surface area (Å²) in [5.74, 6) is 0. The molecule has 18 heavy (non-hydrogen) atoms. The topological polar surface area (TPSA) is 61.8 Å². The molecule has 1 aromatic rings. The van der Waals surface area contributed by atoms with E-state index in [9.17, 15) is 9.90 Å². The van der Waals surface area contributed by atoms with Gasteiger partial charge in [-0.05, 0) is 39.8 Å². The van der Waals surface area contributed by atoms with Gasteiger partial charge in [-0.3, -0.25) is 0 Å². The highest BCUT2D eigenvalue weighted by molar-refractivity contribution is 5.73. The molecule has 1 aromatic carbocycles. The number of hydrazine groups is 1. The smallest absolute Gasteiger partial charge is 0.426 e. The third kappa shape index (κ3) is 1.90. The zero-order chi connectivity index (χ0) is 13.6. The summed E-state index contributed by atoms with van der Waals surface area (Å²) in [5, 5.41) is 12.0. The van der Waals surface area contributed by atoms with Gasteiger partial charge in [-0.25, -0.2) is 15.2 Å². The Balaban J connectivity index is 2.41. The van der Waals surface area contributed by atoms with Gasteiger partial charge in [0.25, 0.3) is 0 Å². The molecule has 0 aliphatic carbocycles. The normalized spacial score (nSPS) is 26.5. The molecule has 1 aliphatic rings. The van der Waals surface area contributed by atoms with Crippen LogP contribution < -0.4 is 10.4 Å². The fraction of sp³-hybridized carbons (Fsp3) is 0.462. The number of cyclic esters (lactones) is 1. The monoisotopic (exact) mass is 250 g/mol. The van der Waals surface area contributed by atoms with Crippen molar-refractivity contribution in [3.05, 3.63) is 29.8 Å². The van der Waals surface area contributed by atoms with Crippen LogP contribution >= 0.6 is 0 Å². The van der Waals surface area contributed by atoms with Gasteiger partial charge in [-0.1, -0.05) is 17.7 Å². The average Bonchev–Trinajstić information content (AvgIpc) is 2.24. The lowest BCUT2D eigenvalue weighted by Gasteiger charge is -2.50. The van der Waals surface area contributed by atoms with Crippen molar-refractivity contribution >= 4 is 11.8 Å². The molecule has 0 aromatic heterocycles. The Hall–Kier alpha value is -1.75. The Bertz CT molecular complexity index is 466. The van der Waals surface area contributed by atoms with E-state index in [4.69, 9.17) is 4.74 Å². The van der Waals surface area contributed by atoms with Crippen molar-refractivity contribution in [3.63, 3.8) is 0 Å². The number of amides is 1. The molecule has 2 N–H and O–H groups in total. The standard InChI is InChI=1S/C13H18N2O3/c1-9-5-7-10(8-6-9)15-13(4,17)12(2,3)18-11(16)14-15/h5-8,17H,1-4H3,(H,14,16). The molecule has 0 spiro atoms. The summed E-state index contributed by atoms with van der Waals surface area (Å²) in [6, 6.07) is 7.51. The van der Waals surface area contributed by atoms with Crippen molar-refractivity contribution in [1.82, 2.24) is 5.43 Å². The van der Waals surface area contributed by atoms with Crippen molar-refractivity contribution in [2.75, 3.05) is 5.01 Å². The van der Waals surface area contributed by atoms with E-state index in [0.29, 0.717) is 5.69 Å². The lowest BCUT2D eigenvalue weighted by molar-refractivity contribution is -0.147. The van der Waals surface area contributed by atoms with Crippen LogP contribution in [-0.2, 0) is 4.74 Å². The number of aryl methyl sites for hydroxylation is 1. The first-order valence-corrected chi connectivity index (χ1v) is 5.83. The van der Waals surface area contributed by atoms with Gasteiger partial charge in [0.2, 0.25) is 0 Å². The summed E-state index contributed by atoms with van der Waals surface area (Å²) in [5.41, 5.74) is 1.97. The second kappa shape index (κ2) is 3.88. The fourth-order valence-electron chi connectivity index (χ4n) is 1.83. The highest BCUT2D eigenvalue weighted by atomic mass is 16.6. The SMILES string of the molecule is Cc1ccc(N2NC(=O)OC(C)(C)C2(C)O)cc1. The Kier molecular flexibility index (Phi) is 2.74. The number of nitrogens with one attached hydrogen (secondary N) is 1. The average molecular weight is 250 g/mol. The van der Waals surface area contributed by atoms with E-state index in [0.717, 1.165) is 5.56 Å². The Morgan fingerprint density at radius 1 is 1.22 bits per heavy atom. The molecular formula is C13H18N2O3. The summed E-state index contributed by atoms with van der Waals surface area (Å²) in [6.45, 7) is 6.93. The van der Waals surface area contributed by atoms with E-state index in [1.165, 1.54) is 5.01 Å². The fourth-order valence-corrected chi connectivity index (χ4v) is 1.83. The van der Waals surface area contributed by atoms with Crippen LogP contribution in [0.5, 0.6) is 0 Å². The molecule has 1 amide bonds. The molecule has 0 radical (unpaired) electrons. The molecule has 1 fully saturated rings. The number of hydrogen-bond acceptors (Lipinski definition) is 4. The van der Waals surface area contributed by atoms with Gasteiger partial charge in [0.05, 0.1) is 5.69 Å². The number of ether oxygens (including phenoxy) is 1. The summed E-state index contributed by atoms with van der Waals surface area (Å²) in [6.07, 6.45) is -0.577. The largest absolute Gasteiger partial charge is 0.437 e. The number of carbonyl (C=O) groups excluding carboxylic acids is 1. The number of benzene rings is 1. The lowest BCUT2D eigenvalue weighted by Crippen LogP contribution is -2.72. The molecular weight excluding hydrogens is 232 g/mol. The predicted octanol–water partition coefficient (Wildman–Crippen LogP) is 1.94. The summed E-state index contributed by atoms with van der Waals surface area (Å²) in [7, 11) is 0. The molecule has 1 saturated heterocycles. The quantitative estimate of drug-likeness (QED) is 0.799. The van der Waals surface area contributed by atoms with Crippen LogP contribution in [-0.4, -0.2) is 22.5 Å². The molecule has 5 nitrogen and oxygen atoms in total. The predicted molar refractivity (Wildman–Crippen MR) is 68.0 cm³/mol. The van der Waals surface area contributed by atoms with Crippen LogP contribution in [0.4, 0.5) is 10.5 Å². The third-order valence-corrected chi connectivity index (χ3v) is 3.42. The van der Waals surface area contributed by atoms with E-state index in [1.54, 1.807) is 20.8 Å². The van der Waals surface area contributed by atoms with E-state index in [1.807, 2.05) is 31.2 Å². The molecule has 5 heteroatoms. The molecule has 0 saturated carbocycles. The number of anilines is 1. The number of nitrogens with zero attached hydrogens (tertiary/aromatic N) is 1. The second-order valence-electron chi connectivity index (χ2n) is 5.20. The molecule has 1 atom stereocenters. The minimum Gasteiger partial charge on any atom is -0.437 e. The molecule has 1 unspecified atom stereocenters. The zero-order valence-electron chi connectivity index (χ0n) is 11.0. The second-order valence-corrected chi connectivity index (χ2v) is 5.20. The summed E-state index contributed by atoms with van der Waals surface area (Å²) in [4.78, 5) is 11.5. The summed E-state index contributed by atoms with van der Waals surface area (Å²) >= 11 is 0. The first-order valence-electron chi connectivity index (χ1n) is 5.83. The number of carbonyl (C=O) groups is 1. The van der Waals surface area contributed by atoms with Crippen LogP contribution in [0.2, 0.25) is 0 Å². The first-order chi connectivity index (χ1) is 8.24. The maximum Gasteiger partial charge on any atom is 0.426 e. The van der Waals surface area contributed by atoms with E-state index < -0.39 is 17.4 Å². The van der Waals surface area contributed by atoms with Crippen LogP contribution in [0.25, 0.3) is 0 Å². The molecule has 1 aliphatic heterocycles. The van der Waals surface area contributed by atoms with Gasteiger partial charge in [-0.15, -0.1) is 0 Å². The highest BCUT2D eigenvalue weighted by Crippen LogP contribution is 2.34. The van der Waals surface area contributed by atoms with Crippen molar-refractivity contribution in [3.8, 4) is 0 Å². The number of rotatable bonds is 1. The van der Waals surface area contributed by atoms with Gasteiger partial charge in [-0.2, -0.15) is 0 Å². The maximum absolute atomic E-state index is 11.5. The van der Waals surface area contributed by atoms with Crippen LogP contribution in [0, 0.1) is 6.92 Å². The molecule has 98 valence electrons. The minimum absolute atomic E-state index is 0.577. The van der Waals surface area contributed by atoms with Crippen LogP contribution in [0.3, 0.4) is 0 Å². The minimum atomic E-state index is -1.35. The molecule has 0 bridgehead atoms. The van der Waals surface area contributed by atoms with Crippen molar-refractivity contribution in [1.29, 1.82) is 0 Å². The lowest BCUT2D eigenvalue weighted by atomic mass is 9.94. The Labute approximate surface area is 106 Å². The maximum atomic E-state index is 11.5. The van der Waals surface area contributed by atoms with Gasteiger partial charge in [0, 0.05) is 0 Å². The number of aliphatic hydroxyl groups is 1. The molecule has 1 heterocycles. The first kappa shape index (κ1) is 12.7. The van der Waals surface area contributed by atoms with Gasteiger partial charge >= 0.3 is 6.09 Å². The summed E-state index contributed by atoms with van der Waals surface area (Å²) < 4.78 is 5.12. The van der Waals surface area contributed by atoms with E-state index >= 15 is 0 Å². The highest BCUT2D eigenvalue weighted by Gasteiger charge is 2.52. The van der Waals surface area contributed by atoms with Crippen molar-refractivity contribution in [2.24, 2.45) is 0 Å². The number of hydrogen-bond donors (Lipinski definition) is 2. The van der Waals surface area contributed by atoms with Crippen LogP contribution in [0.1, 0.15) is 26.3 Å². The zero-order valence-corrected chi connectivity index (χ0v) is 11.0. The van der Waals surface area contributed by atoms with E-state index in [-0.39, 0.29) is 0 Å². The van der Waals surface area contributed by atoms with Crippen LogP contribution in [0.15, 0.2) is 24.3 Å². The Morgan fingerprint density at radius 3 is 2.33 bits per heavy atom.